The Balaban J connectivity index is 3.27. The zero-order valence-electron chi connectivity index (χ0n) is 8.89. The molecule has 0 saturated carbocycles. The molecule has 5 heteroatoms. The van der Waals surface area contributed by atoms with Crippen LogP contribution in [-0.2, 0) is 6.18 Å². The van der Waals surface area contributed by atoms with Gasteiger partial charge in [-0.25, -0.2) is 0 Å². The first kappa shape index (κ1) is 12.5. The van der Waals surface area contributed by atoms with Gasteiger partial charge in [-0.3, -0.25) is 4.79 Å². The van der Waals surface area contributed by atoms with Crippen LogP contribution in [0, 0.1) is 0 Å². The van der Waals surface area contributed by atoms with Crippen molar-refractivity contribution in [3.05, 3.63) is 29.3 Å². The molecule has 1 rings (SSSR count). The van der Waals surface area contributed by atoms with Crippen molar-refractivity contribution in [2.75, 3.05) is 6.61 Å². The monoisotopic (exact) mass is 232 g/mol. The second kappa shape index (κ2) is 4.55. The van der Waals surface area contributed by atoms with Crippen LogP contribution in [0.4, 0.5) is 13.2 Å². The van der Waals surface area contributed by atoms with Crippen LogP contribution in [0.3, 0.4) is 0 Å². The highest BCUT2D eigenvalue weighted by atomic mass is 19.4. The van der Waals surface area contributed by atoms with Crippen molar-refractivity contribution in [1.82, 2.24) is 0 Å². The van der Waals surface area contributed by atoms with E-state index in [1.165, 1.54) is 19.1 Å². The number of hydrogen-bond donors (Lipinski definition) is 0. The summed E-state index contributed by atoms with van der Waals surface area (Å²) >= 11 is 0. The van der Waals surface area contributed by atoms with Crippen molar-refractivity contribution in [3.63, 3.8) is 0 Å². The fourth-order valence-corrected chi connectivity index (χ4v) is 1.25. The SMILES string of the molecule is CCOc1ccc(C(C)=O)cc1C(F)(F)F. The van der Waals surface area contributed by atoms with Crippen LogP contribution in [-0.4, -0.2) is 12.4 Å². The van der Waals surface area contributed by atoms with Crippen LogP contribution < -0.4 is 4.74 Å². The fourth-order valence-electron chi connectivity index (χ4n) is 1.25. The summed E-state index contributed by atoms with van der Waals surface area (Å²) in [7, 11) is 0. The molecule has 1 aromatic carbocycles. The van der Waals surface area contributed by atoms with Gasteiger partial charge in [0.15, 0.2) is 5.78 Å². The topological polar surface area (TPSA) is 26.3 Å². The van der Waals surface area contributed by atoms with Gasteiger partial charge in [-0.15, -0.1) is 0 Å². The summed E-state index contributed by atoms with van der Waals surface area (Å²) in [5.74, 6) is -0.659. The molecular formula is C11H11F3O2. The van der Waals surface area contributed by atoms with Crippen LogP contribution in [0.15, 0.2) is 18.2 Å². The van der Waals surface area contributed by atoms with Gasteiger partial charge >= 0.3 is 6.18 Å². The summed E-state index contributed by atoms with van der Waals surface area (Å²) in [4.78, 5) is 11.0. The van der Waals surface area contributed by atoms with E-state index in [1.54, 1.807) is 6.92 Å². The third kappa shape index (κ3) is 2.74. The normalized spacial score (nSPS) is 11.3. The molecule has 0 radical (unpaired) electrons. The first-order valence-electron chi connectivity index (χ1n) is 4.71. The van der Waals surface area contributed by atoms with E-state index in [0.717, 1.165) is 6.07 Å². The summed E-state index contributed by atoms with van der Waals surface area (Å²) in [5, 5.41) is 0. The van der Waals surface area contributed by atoms with Crippen molar-refractivity contribution < 1.29 is 22.7 Å². The highest BCUT2D eigenvalue weighted by Gasteiger charge is 2.34. The van der Waals surface area contributed by atoms with E-state index in [1.807, 2.05) is 0 Å². The predicted molar refractivity (Wildman–Crippen MR) is 52.6 cm³/mol. The molecular weight excluding hydrogens is 221 g/mol. The Morgan fingerprint density at radius 1 is 1.38 bits per heavy atom. The van der Waals surface area contributed by atoms with E-state index in [-0.39, 0.29) is 17.9 Å². The Morgan fingerprint density at radius 2 is 2.00 bits per heavy atom. The summed E-state index contributed by atoms with van der Waals surface area (Å²) in [6, 6.07) is 3.30. The van der Waals surface area contributed by atoms with E-state index in [0.29, 0.717) is 0 Å². The lowest BCUT2D eigenvalue weighted by atomic mass is 10.1. The van der Waals surface area contributed by atoms with Gasteiger partial charge in [0.1, 0.15) is 5.75 Å². The molecule has 0 heterocycles. The number of ether oxygens (including phenoxy) is 1. The Kier molecular flexibility index (Phi) is 3.57. The lowest BCUT2D eigenvalue weighted by molar-refractivity contribution is -0.138. The minimum atomic E-state index is -4.52. The number of benzene rings is 1. The van der Waals surface area contributed by atoms with Crippen molar-refractivity contribution in [3.8, 4) is 5.75 Å². The lowest BCUT2D eigenvalue weighted by Crippen LogP contribution is -2.10. The smallest absolute Gasteiger partial charge is 0.419 e. The number of ketones is 1. The Morgan fingerprint density at radius 3 is 2.44 bits per heavy atom. The number of halogens is 3. The molecule has 0 spiro atoms. The zero-order chi connectivity index (χ0) is 12.3. The standard InChI is InChI=1S/C11H11F3O2/c1-3-16-10-5-4-8(7(2)15)6-9(10)11(12,13)14/h4-6H,3H2,1-2H3. The van der Waals surface area contributed by atoms with Gasteiger partial charge in [-0.05, 0) is 32.0 Å². The van der Waals surface area contributed by atoms with Crippen molar-refractivity contribution in [2.45, 2.75) is 20.0 Å². The molecule has 88 valence electrons. The highest BCUT2D eigenvalue weighted by Crippen LogP contribution is 2.36. The predicted octanol–water partition coefficient (Wildman–Crippen LogP) is 3.31. The average molecular weight is 232 g/mol. The van der Waals surface area contributed by atoms with E-state index in [4.69, 9.17) is 4.74 Å². The quantitative estimate of drug-likeness (QED) is 0.747. The second-order valence-electron chi connectivity index (χ2n) is 3.20. The molecule has 0 aliphatic carbocycles. The molecule has 1 aromatic rings. The van der Waals surface area contributed by atoms with Gasteiger partial charge < -0.3 is 4.74 Å². The highest BCUT2D eigenvalue weighted by molar-refractivity contribution is 5.94. The molecule has 0 N–H and O–H groups in total. The van der Waals surface area contributed by atoms with E-state index in [9.17, 15) is 18.0 Å². The third-order valence-electron chi connectivity index (χ3n) is 1.99. The molecule has 0 unspecified atom stereocenters. The van der Waals surface area contributed by atoms with Crippen molar-refractivity contribution in [2.24, 2.45) is 0 Å². The third-order valence-corrected chi connectivity index (χ3v) is 1.99. The fraction of sp³-hybridized carbons (Fsp3) is 0.364. The minimum Gasteiger partial charge on any atom is -0.493 e. The van der Waals surface area contributed by atoms with Crippen LogP contribution in [0.25, 0.3) is 0 Å². The average Bonchev–Trinajstić information content (AvgIpc) is 2.16. The molecule has 0 aromatic heterocycles. The maximum Gasteiger partial charge on any atom is 0.419 e. The zero-order valence-corrected chi connectivity index (χ0v) is 8.89. The maximum atomic E-state index is 12.6. The molecule has 0 bridgehead atoms. The van der Waals surface area contributed by atoms with Gasteiger partial charge in [0.05, 0.1) is 12.2 Å². The molecule has 0 atom stereocenters. The molecule has 0 saturated heterocycles. The Bertz CT molecular complexity index is 397. The maximum absolute atomic E-state index is 12.6. The van der Waals surface area contributed by atoms with Crippen molar-refractivity contribution in [1.29, 1.82) is 0 Å². The van der Waals surface area contributed by atoms with Gasteiger partial charge in [-0.1, -0.05) is 0 Å². The number of Topliss-reactive ketones (excluding diaryl/α,β-unsaturated/α-hetero) is 1. The number of alkyl halides is 3. The summed E-state index contributed by atoms with van der Waals surface area (Å²) in [6.07, 6.45) is -4.52. The summed E-state index contributed by atoms with van der Waals surface area (Å²) < 4.78 is 42.7. The van der Waals surface area contributed by atoms with Crippen LogP contribution in [0.1, 0.15) is 29.8 Å². The first-order valence-corrected chi connectivity index (χ1v) is 4.71. The summed E-state index contributed by atoms with van der Waals surface area (Å²) in [6.45, 7) is 2.96. The molecule has 2 nitrogen and oxygen atoms in total. The largest absolute Gasteiger partial charge is 0.493 e. The molecule has 0 aliphatic heterocycles. The van der Waals surface area contributed by atoms with Crippen LogP contribution in [0.2, 0.25) is 0 Å². The number of carbonyl (C=O) groups is 1. The van der Waals surface area contributed by atoms with Gasteiger partial charge in [0, 0.05) is 5.56 Å². The van der Waals surface area contributed by atoms with E-state index < -0.39 is 17.5 Å². The van der Waals surface area contributed by atoms with Gasteiger partial charge in [-0.2, -0.15) is 13.2 Å². The van der Waals surface area contributed by atoms with Gasteiger partial charge in [0.25, 0.3) is 0 Å². The second-order valence-corrected chi connectivity index (χ2v) is 3.20. The number of carbonyl (C=O) groups excluding carboxylic acids is 1. The number of hydrogen-bond acceptors (Lipinski definition) is 2. The van der Waals surface area contributed by atoms with E-state index in [2.05, 4.69) is 0 Å². The van der Waals surface area contributed by atoms with Crippen LogP contribution in [0.5, 0.6) is 5.75 Å². The molecule has 0 amide bonds. The Hall–Kier alpha value is -1.52. The lowest BCUT2D eigenvalue weighted by Gasteiger charge is -2.13. The molecule has 0 fully saturated rings. The van der Waals surface area contributed by atoms with E-state index >= 15 is 0 Å². The van der Waals surface area contributed by atoms with Crippen LogP contribution >= 0.6 is 0 Å². The first-order chi connectivity index (χ1) is 7.36. The minimum absolute atomic E-state index is 0.0239. The number of rotatable bonds is 3. The van der Waals surface area contributed by atoms with Crippen molar-refractivity contribution >= 4 is 5.78 Å². The van der Waals surface area contributed by atoms with Gasteiger partial charge in [0.2, 0.25) is 0 Å². The Labute approximate surface area is 91.0 Å². The molecule has 0 aliphatic rings. The summed E-state index contributed by atoms with van der Waals surface area (Å²) in [5.41, 5.74) is -0.891. The molecule has 16 heavy (non-hydrogen) atoms.